The van der Waals surface area contributed by atoms with E-state index in [2.05, 4.69) is 54.8 Å². The summed E-state index contributed by atoms with van der Waals surface area (Å²) in [4.78, 5) is 17.7. The van der Waals surface area contributed by atoms with Crippen molar-refractivity contribution in [3.05, 3.63) is 64.2 Å². The van der Waals surface area contributed by atoms with Gasteiger partial charge in [-0.1, -0.05) is 36.4 Å². The van der Waals surface area contributed by atoms with Crippen molar-refractivity contribution in [1.29, 1.82) is 0 Å². The summed E-state index contributed by atoms with van der Waals surface area (Å²) in [6.07, 6.45) is 3.13. The number of aromatic nitrogens is 2. The maximum Gasteiger partial charge on any atom is 0.172 e. The summed E-state index contributed by atoms with van der Waals surface area (Å²) < 4.78 is 3.34. The number of ketones is 1. The van der Waals surface area contributed by atoms with Gasteiger partial charge in [0.25, 0.3) is 0 Å². The molecule has 3 aromatic heterocycles. The van der Waals surface area contributed by atoms with Crippen molar-refractivity contribution in [3.63, 3.8) is 0 Å². The van der Waals surface area contributed by atoms with E-state index >= 15 is 0 Å². The first kappa shape index (κ1) is 17.3. The largest absolute Gasteiger partial charge is 0.297 e. The Morgan fingerprint density at radius 1 is 1.23 bits per heavy atom. The monoisotopic (exact) mass is 380 g/mol. The quantitative estimate of drug-likeness (QED) is 0.329. The summed E-state index contributed by atoms with van der Waals surface area (Å²) in [6, 6.07) is 12.7. The summed E-state index contributed by atoms with van der Waals surface area (Å²) in [7, 11) is 0. The molecule has 0 radical (unpaired) electrons. The third kappa shape index (κ3) is 3.06. The highest BCUT2D eigenvalue weighted by molar-refractivity contribution is 8.01. The van der Waals surface area contributed by atoms with Crippen molar-refractivity contribution in [2.75, 3.05) is 5.75 Å². The maximum atomic E-state index is 12.1. The molecular weight excluding hydrogens is 360 g/mol. The summed E-state index contributed by atoms with van der Waals surface area (Å²) in [5.74, 6) is 1.07. The van der Waals surface area contributed by atoms with Crippen molar-refractivity contribution < 1.29 is 4.79 Å². The zero-order valence-electron chi connectivity index (χ0n) is 15.1. The van der Waals surface area contributed by atoms with Crippen molar-refractivity contribution in [3.8, 4) is 0 Å². The Morgan fingerprint density at radius 2 is 2.00 bits per heavy atom. The van der Waals surface area contributed by atoms with E-state index in [1.165, 1.54) is 15.3 Å². The van der Waals surface area contributed by atoms with E-state index in [4.69, 9.17) is 4.98 Å². The van der Waals surface area contributed by atoms with Crippen LogP contribution in [0.15, 0.2) is 46.8 Å². The number of carbonyl (C=O) groups is 1. The molecule has 3 heterocycles. The van der Waals surface area contributed by atoms with Gasteiger partial charge in [0, 0.05) is 18.9 Å². The minimum atomic E-state index is 0.0905. The number of fused-ring (bicyclic) bond motifs is 3. The Bertz CT molecular complexity index is 1110. The second-order valence-corrected chi connectivity index (χ2v) is 8.95. The van der Waals surface area contributed by atoms with Crippen molar-refractivity contribution in [1.82, 2.24) is 9.38 Å². The first-order chi connectivity index (χ1) is 12.5. The minimum absolute atomic E-state index is 0.0905. The number of nitrogens with zero attached hydrogens (tertiary/aromatic N) is 2. The molecule has 3 nitrogen and oxygen atoms in total. The molecule has 0 N–H and O–H groups in total. The smallest absolute Gasteiger partial charge is 0.172 e. The Hall–Kier alpha value is -2.11. The number of imidazole rings is 1. The van der Waals surface area contributed by atoms with Crippen LogP contribution in [0, 0.1) is 13.8 Å². The number of Topliss-reactive ketones (excluding diaryl/α,β-unsaturated/α-hetero) is 1. The van der Waals surface area contributed by atoms with Gasteiger partial charge in [-0.05, 0) is 37.0 Å². The second kappa shape index (κ2) is 6.89. The molecule has 132 valence electrons. The van der Waals surface area contributed by atoms with Gasteiger partial charge in [-0.3, -0.25) is 9.20 Å². The number of thioether (sulfide) groups is 1. The molecular formula is C21H20N2OS2. The van der Waals surface area contributed by atoms with E-state index < -0.39 is 0 Å². The predicted octanol–water partition coefficient (Wildman–Crippen LogP) is 5.70. The molecule has 0 bridgehead atoms. The summed E-state index contributed by atoms with van der Waals surface area (Å²) in [5.41, 5.74) is 6.55. The Kier molecular flexibility index (Phi) is 4.59. The van der Waals surface area contributed by atoms with Gasteiger partial charge in [-0.15, -0.1) is 23.1 Å². The molecule has 0 atom stereocenters. The van der Waals surface area contributed by atoms with Crippen LogP contribution in [-0.2, 0) is 6.42 Å². The highest BCUT2D eigenvalue weighted by Gasteiger charge is 2.21. The normalized spacial score (nSPS) is 11.5. The highest BCUT2D eigenvalue weighted by atomic mass is 32.2. The number of aryl methyl sites for hydroxylation is 3. The van der Waals surface area contributed by atoms with Crippen LogP contribution in [0.4, 0.5) is 0 Å². The third-order valence-corrected chi connectivity index (χ3v) is 6.96. The highest BCUT2D eigenvalue weighted by Crippen LogP contribution is 2.39. The molecule has 0 aliphatic carbocycles. The van der Waals surface area contributed by atoms with Gasteiger partial charge in [-0.25, -0.2) is 4.98 Å². The van der Waals surface area contributed by atoms with Crippen LogP contribution in [-0.4, -0.2) is 20.9 Å². The van der Waals surface area contributed by atoms with E-state index in [0.717, 1.165) is 39.3 Å². The van der Waals surface area contributed by atoms with Gasteiger partial charge in [0.1, 0.15) is 11.2 Å². The Balaban J connectivity index is 1.77. The number of benzene rings is 1. The summed E-state index contributed by atoms with van der Waals surface area (Å²) >= 11 is 3.40. The number of rotatable bonds is 5. The lowest BCUT2D eigenvalue weighted by Gasteiger charge is -2.04. The van der Waals surface area contributed by atoms with E-state index in [1.54, 1.807) is 18.3 Å². The van der Waals surface area contributed by atoms with Crippen LogP contribution in [0.3, 0.4) is 0 Å². The fourth-order valence-electron chi connectivity index (χ4n) is 3.27. The van der Waals surface area contributed by atoms with Crippen LogP contribution >= 0.6 is 23.1 Å². The molecule has 0 fully saturated rings. The average Bonchev–Trinajstić information content (AvgIpc) is 3.14. The number of hydrogen-bond acceptors (Lipinski definition) is 4. The first-order valence-electron chi connectivity index (χ1n) is 8.64. The van der Waals surface area contributed by atoms with Gasteiger partial charge in [0.15, 0.2) is 5.78 Å². The molecule has 0 amide bonds. The minimum Gasteiger partial charge on any atom is -0.297 e. The van der Waals surface area contributed by atoms with Crippen LogP contribution in [0.5, 0.6) is 0 Å². The van der Waals surface area contributed by atoms with E-state index in [-0.39, 0.29) is 5.78 Å². The predicted molar refractivity (Wildman–Crippen MR) is 111 cm³/mol. The lowest BCUT2D eigenvalue weighted by atomic mass is 10.2. The molecule has 0 aliphatic rings. The molecule has 4 rings (SSSR count). The fraction of sp³-hybridized carbons (Fsp3) is 0.238. The number of carbonyl (C=O) groups excluding carboxylic acids is 1. The van der Waals surface area contributed by atoms with Crippen LogP contribution in [0.2, 0.25) is 0 Å². The SMILES string of the molecule is CC(=O)c1sc(SCCc2ccccc2)c2c1nc1c(C)cc(C)cn12. The van der Waals surface area contributed by atoms with E-state index in [0.29, 0.717) is 0 Å². The molecule has 0 saturated carbocycles. The van der Waals surface area contributed by atoms with Crippen LogP contribution < -0.4 is 0 Å². The Morgan fingerprint density at radius 3 is 2.73 bits per heavy atom. The number of thiophene rings is 1. The fourth-order valence-corrected chi connectivity index (χ4v) is 5.72. The molecule has 26 heavy (non-hydrogen) atoms. The van der Waals surface area contributed by atoms with Crippen molar-refractivity contribution in [2.45, 2.75) is 31.4 Å². The molecule has 0 spiro atoms. The topological polar surface area (TPSA) is 34.4 Å². The Labute approximate surface area is 161 Å². The van der Waals surface area contributed by atoms with Gasteiger partial charge < -0.3 is 0 Å². The van der Waals surface area contributed by atoms with Gasteiger partial charge in [0.05, 0.1) is 14.6 Å². The molecule has 0 unspecified atom stereocenters. The first-order valence-corrected chi connectivity index (χ1v) is 10.4. The van der Waals surface area contributed by atoms with E-state index in [9.17, 15) is 4.79 Å². The standard InChI is InChI=1S/C21H20N2OS2/c1-13-11-14(2)20-22-17-18(23(20)12-13)21(26-19(17)15(3)24)25-10-9-16-7-5-4-6-8-16/h4-8,11-12H,9-10H2,1-3H3. The molecule has 0 saturated heterocycles. The lowest BCUT2D eigenvalue weighted by molar-refractivity contribution is 0.102. The van der Waals surface area contributed by atoms with Crippen LogP contribution in [0.1, 0.15) is 33.3 Å². The van der Waals surface area contributed by atoms with Crippen molar-refractivity contribution >= 4 is 45.6 Å². The van der Waals surface area contributed by atoms with Crippen LogP contribution in [0.25, 0.3) is 16.7 Å². The van der Waals surface area contributed by atoms with Gasteiger partial charge in [-0.2, -0.15) is 0 Å². The maximum absolute atomic E-state index is 12.1. The molecule has 4 aromatic rings. The average molecular weight is 381 g/mol. The molecule has 5 heteroatoms. The number of hydrogen-bond donors (Lipinski definition) is 0. The lowest BCUT2D eigenvalue weighted by Crippen LogP contribution is -1.91. The zero-order valence-corrected chi connectivity index (χ0v) is 16.7. The summed E-state index contributed by atoms with van der Waals surface area (Å²) in [6.45, 7) is 5.80. The second-order valence-electron chi connectivity index (χ2n) is 6.56. The van der Waals surface area contributed by atoms with Gasteiger partial charge in [0.2, 0.25) is 0 Å². The number of pyridine rings is 1. The summed E-state index contributed by atoms with van der Waals surface area (Å²) in [5, 5.41) is 0. The zero-order chi connectivity index (χ0) is 18.3. The van der Waals surface area contributed by atoms with E-state index in [1.807, 2.05) is 17.8 Å². The molecule has 1 aromatic carbocycles. The van der Waals surface area contributed by atoms with Crippen molar-refractivity contribution in [2.24, 2.45) is 0 Å². The third-order valence-electron chi connectivity index (χ3n) is 4.43. The van der Waals surface area contributed by atoms with Gasteiger partial charge >= 0.3 is 0 Å². The molecule has 0 aliphatic heterocycles.